The maximum absolute atomic E-state index is 14.2. The van der Waals surface area contributed by atoms with Gasteiger partial charge < -0.3 is 20.7 Å². The second-order valence-corrected chi connectivity index (χ2v) is 9.88. The van der Waals surface area contributed by atoms with E-state index in [-0.39, 0.29) is 23.8 Å². The predicted molar refractivity (Wildman–Crippen MR) is 131 cm³/mol. The number of fused-ring (bicyclic) bond motifs is 1. The van der Waals surface area contributed by atoms with Gasteiger partial charge in [0.2, 0.25) is 11.8 Å². The van der Waals surface area contributed by atoms with Gasteiger partial charge in [-0.3, -0.25) is 4.79 Å². The predicted octanol–water partition coefficient (Wildman–Crippen LogP) is 5.43. The normalized spacial score (nSPS) is 21.4. The molecule has 2 saturated carbocycles. The second-order valence-electron chi connectivity index (χ2n) is 9.88. The van der Waals surface area contributed by atoms with Gasteiger partial charge in [0.1, 0.15) is 0 Å². The number of nitrogens with one attached hydrogen (secondary N) is 3. The lowest BCUT2D eigenvalue weighted by Crippen LogP contribution is -2.57. The Labute approximate surface area is 196 Å². The SMILES string of the molecule is COc1ncccc1C1(C(C(=O)NC2CCCCC2)C2CCCCC2)Nc2ccccc2N1. The fraction of sp³-hybridized carbons (Fsp3) is 0.556. The number of nitrogens with zero attached hydrogens (tertiary/aromatic N) is 1. The first kappa shape index (κ1) is 22.1. The lowest BCUT2D eigenvalue weighted by atomic mass is 9.71. The largest absolute Gasteiger partial charge is 0.481 e. The summed E-state index contributed by atoms with van der Waals surface area (Å²) < 4.78 is 5.73. The minimum atomic E-state index is -0.815. The van der Waals surface area contributed by atoms with Crippen molar-refractivity contribution in [1.82, 2.24) is 10.3 Å². The van der Waals surface area contributed by atoms with Crippen LogP contribution in [0.4, 0.5) is 11.4 Å². The third kappa shape index (κ3) is 4.28. The van der Waals surface area contributed by atoms with Gasteiger partial charge in [0.05, 0.1) is 30.0 Å². The Kier molecular flexibility index (Phi) is 6.43. The van der Waals surface area contributed by atoms with Gasteiger partial charge >= 0.3 is 0 Å². The summed E-state index contributed by atoms with van der Waals surface area (Å²) in [6.07, 6.45) is 13.3. The fourth-order valence-electron chi connectivity index (χ4n) is 6.24. The number of carbonyl (C=O) groups excluding carboxylic acids is 1. The van der Waals surface area contributed by atoms with E-state index in [4.69, 9.17) is 4.74 Å². The number of ether oxygens (including phenoxy) is 1. The molecule has 0 radical (unpaired) electrons. The number of para-hydroxylation sites is 2. The molecule has 3 N–H and O–H groups in total. The van der Waals surface area contributed by atoms with E-state index in [1.54, 1.807) is 13.3 Å². The zero-order chi connectivity index (χ0) is 22.7. The third-order valence-electron chi connectivity index (χ3n) is 7.80. The van der Waals surface area contributed by atoms with Gasteiger partial charge in [-0.15, -0.1) is 0 Å². The van der Waals surface area contributed by atoms with Gasteiger partial charge in [-0.1, -0.05) is 50.7 Å². The van der Waals surface area contributed by atoms with E-state index in [0.29, 0.717) is 5.88 Å². The fourth-order valence-corrected chi connectivity index (χ4v) is 6.24. The van der Waals surface area contributed by atoms with Crippen molar-refractivity contribution >= 4 is 17.3 Å². The summed E-state index contributed by atoms with van der Waals surface area (Å²) in [7, 11) is 1.65. The van der Waals surface area contributed by atoms with Crippen LogP contribution in [0, 0.1) is 11.8 Å². The molecule has 1 aliphatic heterocycles. The van der Waals surface area contributed by atoms with Crippen molar-refractivity contribution in [3.8, 4) is 5.88 Å². The molecule has 0 spiro atoms. The highest BCUT2D eigenvalue weighted by Crippen LogP contribution is 2.50. The molecule has 1 amide bonds. The molecular weight excluding hydrogens is 412 g/mol. The van der Waals surface area contributed by atoms with Gasteiger partial charge in [-0.2, -0.15) is 0 Å². The molecule has 2 fully saturated rings. The number of hydrogen-bond donors (Lipinski definition) is 3. The molecule has 6 nitrogen and oxygen atoms in total. The molecule has 1 aromatic heterocycles. The molecule has 3 aliphatic rings. The summed E-state index contributed by atoms with van der Waals surface area (Å²) in [6.45, 7) is 0. The van der Waals surface area contributed by atoms with Crippen molar-refractivity contribution in [2.75, 3.05) is 17.7 Å². The van der Waals surface area contributed by atoms with Crippen molar-refractivity contribution in [2.24, 2.45) is 11.8 Å². The Hall–Kier alpha value is -2.76. The summed E-state index contributed by atoms with van der Waals surface area (Å²) in [4.78, 5) is 18.7. The van der Waals surface area contributed by atoms with Crippen LogP contribution in [-0.2, 0) is 10.5 Å². The molecule has 33 heavy (non-hydrogen) atoms. The molecule has 2 aliphatic carbocycles. The van der Waals surface area contributed by atoms with Crippen LogP contribution >= 0.6 is 0 Å². The first-order chi connectivity index (χ1) is 16.2. The van der Waals surface area contributed by atoms with Gasteiger partial charge in [-0.05, 0) is 55.9 Å². The summed E-state index contributed by atoms with van der Waals surface area (Å²) in [5, 5.41) is 11.0. The van der Waals surface area contributed by atoms with E-state index in [1.807, 2.05) is 24.3 Å². The molecule has 2 heterocycles. The molecule has 0 saturated heterocycles. The van der Waals surface area contributed by atoms with Crippen LogP contribution in [0.2, 0.25) is 0 Å². The van der Waals surface area contributed by atoms with E-state index in [9.17, 15) is 4.79 Å². The number of methoxy groups -OCH3 is 1. The number of aromatic nitrogens is 1. The number of amides is 1. The van der Waals surface area contributed by atoms with Crippen LogP contribution in [-0.4, -0.2) is 24.0 Å². The Balaban J connectivity index is 1.59. The number of anilines is 2. The molecule has 1 aromatic carbocycles. The molecule has 0 bridgehead atoms. The molecule has 2 aromatic rings. The van der Waals surface area contributed by atoms with Crippen molar-refractivity contribution in [1.29, 1.82) is 0 Å². The van der Waals surface area contributed by atoms with Crippen LogP contribution in [0.1, 0.15) is 69.8 Å². The Morgan fingerprint density at radius 3 is 2.24 bits per heavy atom. The van der Waals surface area contributed by atoms with Gasteiger partial charge in [0.15, 0.2) is 5.66 Å². The van der Waals surface area contributed by atoms with E-state index in [1.165, 1.54) is 38.5 Å². The van der Waals surface area contributed by atoms with Crippen LogP contribution in [0.5, 0.6) is 5.88 Å². The van der Waals surface area contributed by atoms with Crippen LogP contribution < -0.4 is 20.7 Å². The standard InChI is InChI=1S/C27H36N4O2/c1-33-26-21(15-10-18-28-26)27(30-22-16-8-9-17-23(22)31-27)24(19-11-4-2-5-12-19)25(32)29-20-13-6-3-7-14-20/h8-10,15-20,24,30-31H,2-7,11-14H2,1H3,(H,29,32). The zero-order valence-electron chi connectivity index (χ0n) is 19.6. The number of hydrogen-bond acceptors (Lipinski definition) is 5. The summed E-state index contributed by atoms with van der Waals surface area (Å²) >= 11 is 0. The monoisotopic (exact) mass is 448 g/mol. The Bertz CT molecular complexity index is 941. The molecule has 1 atom stereocenters. The zero-order valence-corrected chi connectivity index (χ0v) is 19.6. The highest BCUT2D eigenvalue weighted by atomic mass is 16.5. The average Bonchev–Trinajstić information content (AvgIpc) is 3.25. The molecule has 6 heteroatoms. The van der Waals surface area contributed by atoms with Crippen molar-refractivity contribution < 1.29 is 9.53 Å². The van der Waals surface area contributed by atoms with Crippen molar-refractivity contribution in [3.05, 3.63) is 48.2 Å². The quantitative estimate of drug-likeness (QED) is 0.550. The molecule has 5 rings (SSSR count). The highest BCUT2D eigenvalue weighted by Gasteiger charge is 2.53. The van der Waals surface area contributed by atoms with E-state index in [2.05, 4.69) is 33.1 Å². The average molecular weight is 449 g/mol. The van der Waals surface area contributed by atoms with Crippen LogP contribution in [0.3, 0.4) is 0 Å². The van der Waals surface area contributed by atoms with Crippen molar-refractivity contribution in [2.45, 2.75) is 75.9 Å². The van der Waals surface area contributed by atoms with Gasteiger partial charge in [-0.25, -0.2) is 4.98 Å². The third-order valence-corrected chi connectivity index (χ3v) is 7.80. The highest BCUT2D eigenvalue weighted by molar-refractivity contribution is 5.86. The number of benzene rings is 1. The Morgan fingerprint density at radius 2 is 1.61 bits per heavy atom. The van der Waals surface area contributed by atoms with E-state index in [0.717, 1.165) is 42.6 Å². The van der Waals surface area contributed by atoms with E-state index < -0.39 is 5.66 Å². The topological polar surface area (TPSA) is 75.3 Å². The maximum Gasteiger partial charge on any atom is 0.228 e. The summed E-state index contributed by atoms with van der Waals surface area (Å²) in [5.41, 5.74) is 2.09. The second kappa shape index (κ2) is 9.62. The Morgan fingerprint density at radius 1 is 0.970 bits per heavy atom. The minimum Gasteiger partial charge on any atom is -0.481 e. The lowest BCUT2D eigenvalue weighted by Gasteiger charge is -2.44. The first-order valence-corrected chi connectivity index (χ1v) is 12.7. The number of carbonyl (C=O) groups is 1. The summed E-state index contributed by atoms with van der Waals surface area (Å²) in [5.74, 6) is 0.691. The minimum absolute atomic E-state index is 0.146. The molecular formula is C27H36N4O2. The van der Waals surface area contributed by atoms with Gasteiger partial charge in [0.25, 0.3) is 0 Å². The summed E-state index contributed by atoms with van der Waals surface area (Å²) in [6, 6.07) is 12.5. The van der Waals surface area contributed by atoms with E-state index >= 15 is 0 Å². The van der Waals surface area contributed by atoms with Gasteiger partial charge in [0, 0.05) is 12.2 Å². The number of rotatable bonds is 6. The van der Waals surface area contributed by atoms with Crippen molar-refractivity contribution in [3.63, 3.8) is 0 Å². The first-order valence-electron chi connectivity index (χ1n) is 12.7. The maximum atomic E-state index is 14.2. The lowest BCUT2D eigenvalue weighted by molar-refractivity contribution is -0.130. The molecule has 1 unspecified atom stereocenters. The number of pyridine rings is 1. The van der Waals surface area contributed by atoms with Crippen LogP contribution in [0.25, 0.3) is 0 Å². The smallest absolute Gasteiger partial charge is 0.228 e. The van der Waals surface area contributed by atoms with Crippen LogP contribution in [0.15, 0.2) is 42.6 Å². The molecule has 176 valence electrons.